The summed E-state index contributed by atoms with van der Waals surface area (Å²) >= 11 is 0. The quantitative estimate of drug-likeness (QED) is 0.812. The molecule has 21 heavy (non-hydrogen) atoms. The molecule has 2 N–H and O–H groups in total. The molecule has 1 aliphatic heterocycles. The Balaban J connectivity index is 1.76. The molecule has 4 nitrogen and oxygen atoms in total. The first-order valence-electron chi connectivity index (χ1n) is 7.89. The zero-order valence-corrected chi connectivity index (χ0v) is 12.5. The summed E-state index contributed by atoms with van der Waals surface area (Å²) in [7, 11) is 0. The minimum absolute atomic E-state index is 0.0449. The molecule has 1 aromatic carbocycles. The van der Waals surface area contributed by atoms with Crippen molar-refractivity contribution in [2.24, 2.45) is 0 Å². The lowest BCUT2D eigenvalue weighted by Crippen LogP contribution is -2.21. The number of rotatable bonds is 7. The van der Waals surface area contributed by atoms with Gasteiger partial charge in [0.2, 0.25) is 5.91 Å². The van der Waals surface area contributed by atoms with E-state index in [1.54, 1.807) is 0 Å². The number of anilines is 1. The predicted molar refractivity (Wildman–Crippen MR) is 83.3 cm³/mol. The van der Waals surface area contributed by atoms with Gasteiger partial charge in [-0.25, -0.2) is 0 Å². The smallest absolute Gasteiger partial charge is 0.224 e. The van der Waals surface area contributed by atoms with Gasteiger partial charge in [-0.1, -0.05) is 12.1 Å². The minimum atomic E-state index is 0.0449. The molecule has 1 aliphatic rings. The van der Waals surface area contributed by atoms with Gasteiger partial charge < -0.3 is 15.2 Å². The van der Waals surface area contributed by atoms with Crippen LogP contribution in [-0.4, -0.2) is 30.3 Å². The zero-order chi connectivity index (χ0) is 14.9. The highest BCUT2D eigenvalue weighted by Gasteiger charge is 2.15. The first-order chi connectivity index (χ1) is 10.3. The summed E-state index contributed by atoms with van der Waals surface area (Å²) in [6.45, 7) is 1.02. The normalized spacial score (nSPS) is 18.4. The Morgan fingerprint density at radius 1 is 1.38 bits per heavy atom. The Labute approximate surface area is 126 Å². The molecule has 1 atom stereocenters. The number of ether oxygens (including phenoxy) is 1. The number of carbonyl (C=O) groups is 1. The van der Waals surface area contributed by atoms with Crippen molar-refractivity contribution in [2.75, 3.05) is 18.5 Å². The summed E-state index contributed by atoms with van der Waals surface area (Å²) in [4.78, 5) is 12.0. The first-order valence-corrected chi connectivity index (χ1v) is 7.89. The van der Waals surface area contributed by atoms with Crippen LogP contribution in [-0.2, 0) is 16.0 Å². The maximum atomic E-state index is 12.0. The summed E-state index contributed by atoms with van der Waals surface area (Å²) in [6.07, 6.45) is 6.56. The van der Waals surface area contributed by atoms with Crippen molar-refractivity contribution in [1.29, 1.82) is 0 Å². The van der Waals surface area contributed by atoms with Crippen LogP contribution in [0.5, 0.6) is 0 Å². The van der Waals surface area contributed by atoms with E-state index >= 15 is 0 Å². The van der Waals surface area contributed by atoms with E-state index in [1.165, 1.54) is 6.42 Å². The van der Waals surface area contributed by atoms with Gasteiger partial charge in [0, 0.05) is 25.3 Å². The Morgan fingerprint density at radius 3 is 3.05 bits per heavy atom. The van der Waals surface area contributed by atoms with Gasteiger partial charge >= 0.3 is 0 Å². The Morgan fingerprint density at radius 2 is 2.29 bits per heavy atom. The highest BCUT2D eigenvalue weighted by Crippen LogP contribution is 2.18. The van der Waals surface area contributed by atoms with E-state index in [2.05, 4.69) is 5.32 Å². The lowest BCUT2D eigenvalue weighted by atomic mass is 10.0. The van der Waals surface area contributed by atoms with Gasteiger partial charge in [0.1, 0.15) is 0 Å². The molecule has 0 bridgehead atoms. The number of hydrogen-bond acceptors (Lipinski definition) is 3. The fourth-order valence-electron chi connectivity index (χ4n) is 2.64. The third-order valence-corrected chi connectivity index (χ3v) is 3.80. The van der Waals surface area contributed by atoms with Crippen LogP contribution in [0.25, 0.3) is 0 Å². The highest BCUT2D eigenvalue weighted by atomic mass is 16.5. The number of nitrogens with one attached hydrogen (secondary N) is 1. The van der Waals surface area contributed by atoms with Crippen LogP contribution in [0.15, 0.2) is 24.3 Å². The second kappa shape index (κ2) is 8.80. The molecule has 0 radical (unpaired) electrons. The summed E-state index contributed by atoms with van der Waals surface area (Å²) in [5.74, 6) is 0.0449. The van der Waals surface area contributed by atoms with E-state index in [0.29, 0.717) is 6.42 Å². The average molecular weight is 291 g/mol. The van der Waals surface area contributed by atoms with Gasteiger partial charge in [-0.2, -0.15) is 0 Å². The molecule has 1 unspecified atom stereocenters. The van der Waals surface area contributed by atoms with E-state index in [9.17, 15) is 4.79 Å². The van der Waals surface area contributed by atoms with Gasteiger partial charge in [-0.15, -0.1) is 0 Å². The van der Waals surface area contributed by atoms with Crippen molar-refractivity contribution >= 4 is 11.6 Å². The second-order valence-electron chi connectivity index (χ2n) is 5.60. The molecule has 1 fully saturated rings. The topological polar surface area (TPSA) is 58.6 Å². The molecule has 1 aromatic rings. The molecule has 2 rings (SSSR count). The van der Waals surface area contributed by atoms with Gasteiger partial charge in [0.05, 0.1) is 6.10 Å². The van der Waals surface area contributed by atoms with Crippen molar-refractivity contribution in [3.8, 4) is 0 Å². The lowest BCUT2D eigenvalue weighted by molar-refractivity contribution is -0.117. The van der Waals surface area contributed by atoms with Gasteiger partial charge in [-0.05, 0) is 56.2 Å². The minimum Gasteiger partial charge on any atom is -0.396 e. The number of amides is 1. The largest absolute Gasteiger partial charge is 0.396 e. The number of aliphatic hydroxyl groups is 1. The molecule has 0 aromatic heterocycles. The molecule has 1 amide bonds. The number of hydrogen-bond donors (Lipinski definition) is 2. The van der Waals surface area contributed by atoms with E-state index in [4.69, 9.17) is 9.84 Å². The van der Waals surface area contributed by atoms with Gasteiger partial charge in [-0.3, -0.25) is 4.79 Å². The SMILES string of the molecule is O=C(CCC1CCCCO1)Nc1cccc(CCCO)c1. The Kier molecular flexibility index (Phi) is 6.70. The van der Waals surface area contributed by atoms with E-state index in [-0.39, 0.29) is 18.6 Å². The van der Waals surface area contributed by atoms with Crippen LogP contribution in [0.3, 0.4) is 0 Å². The predicted octanol–water partition coefficient (Wildman–Crippen LogP) is 2.90. The van der Waals surface area contributed by atoms with E-state index < -0.39 is 0 Å². The third-order valence-electron chi connectivity index (χ3n) is 3.80. The van der Waals surface area contributed by atoms with Gasteiger partial charge in [0.15, 0.2) is 0 Å². The molecular weight excluding hydrogens is 266 g/mol. The summed E-state index contributed by atoms with van der Waals surface area (Å²) in [6, 6.07) is 7.83. The summed E-state index contributed by atoms with van der Waals surface area (Å²) in [5.41, 5.74) is 1.97. The van der Waals surface area contributed by atoms with E-state index in [0.717, 1.165) is 50.0 Å². The molecule has 116 valence electrons. The molecule has 0 aliphatic carbocycles. The standard InChI is InChI=1S/C17H25NO3/c19-11-4-6-14-5-3-7-15(13-14)18-17(20)10-9-16-8-1-2-12-21-16/h3,5,7,13,16,19H,1-2,4,6,8-12H2,(H,18,20). The van der Waals surface area contributed by atoms with Crippen LogP contribution < -0.4 is 5.32 Å². The van der Waals surface area contributed by atoms with Gasteiger partial charge in [0.25, 0.3) is 0 Å². The molecule has 0 spiro atoms. The van der Waals surface area contributed by atoms with Crippen LogP contribution in [0.2, 0.25) is 0 Å². The third kappa shape index (κ3) is 5.86. The summed E-state index contributed by atoms with van der Waals surface area (Å²) in [5, 5.41) is 11.8. The zero-order valence-electron chi connectivity index (χ0n) is 12.5. The number of benzene rings is 1. The number of aliphatic hydroxyl groups excluding tert-OH is 1. The number of carbonyl (C=O) groups excluding carboxylic acids is 1. The van der Waals surface area contributed by atoms with Crippen molar-refractivity contribution in [2.45, 2.75) is 51.0 Å². The van der Waals surface area contributed by atoms with Crippen LogP contribution >= 0.6 is 0 Å². The fraction of sp³-hybridized carbons (Fsp3) is 0.588. The monoisotopic (exact) mass is 291 g/mol. The highest BCUT2D eigenvalue weighted by molar-refractivity contribution is 5.90. The molecule has 4 heteroatoms. The number of aryl methyl sites for hydroxylation is 1. The molecule has 1 heterocycles. The molecular formula is C17H25NO3. The van der Waals surface area contributed by atoms with Crippen LogP contribution in [0, 0.1) is 0 Å². The second-order valence-corrected chi connectivity index (χ2v) is 5.60. The summed E-state index contributed by atoms with van der Waals surface area (Å²) < 4.78 is 5.64. The van der Waals surface area contributed by atoms with Crippen molar-refractivity contribution in [1.82, 2.24) is 0 Å². The fourth-order valence-corrected chi connectivity index (χ4v) is 2.64. The Bertz CT molecular complexity index is 441. The lowest BCUT2D eigenvalue weighted by Gasteiger charge is -2.22. The van der Waals surface area contributed by atoms with Crippen LogP contribution in [0.4, 0.5) is 5.69 Å². The van der Waals surface area contributed by atoms with E-state index in [1.807, 2.05) is 24.3 Å². The van der Waals surface area contributed by atoms with Crippen molar-refractivity contribution < 1.29 is 14.6 Å². The average Bonchev–Trinajstić information content (AvgIpc) is 2.52. The Hall–Kier alpha value is -1.39. The first kappa shape index (κ1) is 16.0. The maximum absolute atomic E-state index is 12.0. The molecule has 1 saturated heterocycles. The van der Waals surface area contributed by atoms with Crippen molar-refractivity contribution in [3.63, 3.8) is 0 Å². The van der Waals surface area contributed by atoms with Crippen LogP contribution in [0.1, 0.15) is 44.1 Å². The maximum Gasteiger partial charge on any atom is 0.224 e. The molecule has 0 saturated carbocycles. The van der Waals surface area contributed by atoms with Crippen molar-refractivity contribution in [3.05, 3.63) is 29.8 Å².